The number of thiophene rings is 1. The summed E-state index contributed by atoms with van der Waals surface area (Å²) in [5.41, 5.74) is 0.427. The summed E-state index contributed by atoms with van der Waals surface area (Å²) in [4.78, 5) is 1.04. The lowest BCUT2D eigenvalue weighted by atomic mass is 10.1. The summed E-state index contributed by atoms with van der Waals surface area (Å²) < 4.78 is 40.4. The van der Waals surface area contributed by atoms with Gasteiger partial charge in [-0.3, -0.25) is 5.32 Å². The Morgan fingerprint density at radius 3 is 2.71 bits per heavy atom. The SMILES string of the molecule is N#CC(NCc1cccs1)c1cccc(OC(F)(F)F)c1. The van der Waals surface area contributed by atoms with Crippen molar-refractivity contribution in [2.24, 2.45) is 0 Å². The van der Waals surface area contributed by atoms with E-state index in [1.54, 1.807) is 6.07 Å². The fourth-order valence-corrected chi connectivity index (χ4v) is 2.40. The lowest BCUT2D eigenvalue weighted by Gasteiger charge is -2.14. The average molecular weight is 312 g/mol. The quantitative estimate of drug-likeness (QED) is 0.907. The van der Waals surface area contributed by atoms with E-state index in [2.05, 4.69) is 10.1 Å². The molecule has 0 amide bonds. The molecule has 1 unspecified atom stereocenters. The van der Waals surface area contributed by atoms with E-state index in [1.807, 2.05) is 23.6 Å². The molecule has 1 heterocycles. The summed E-state index contributed by atoms with van der Waals surface area (Å²) in [5.74, 6) is -0.335. The second kappa shape index (κ2) is 6.61. The predicted molar refractivity (Wildman–Crippen MR) is 72.6 cm³/mol. The van der Waals surface area contributed by atoms with Gasteiger partial charge in [0, 0.05) is 11.4 Å². The fraction of sp³-hybridized carbons (Fsp3) is 0.214. The molecule has 0 aliphatic rings. The van der Waals surface area contributed by atoms with Crippen LogP contribution in [0.15, 0.2) is 41.8 Å². The molecule has 7 heteroatoms. The van der Waals surface area contributed by atoms with E-state index in [4.69, 9.17) is 5.26 Å². The molecule has 2 rings (SSSR count). The number of halogens is 3. The normalized spacial score (nSPS) is 12.7. The third-order valence-corrected chi connectivity index (χ3v) is 3.49. The minimum atomic E-state index is -4.74. The largest absolute Gasteiger partial charge is 0.573 e. The maximum atomic E-state index is 12.2. The van der Waals surface area contributed by atoms with Gasteiger partial charge >= 0.3 is 6.36 Å². The van der Waals surface area contributed by atoms with Crippen molar-refractivity contribution in [1.29, 1.82) is 5.26 Å². The van der Waals surface area contributed by atoms with Crippen LogP contribution in [0.25, 0.3) is 0 Å². The number of nitrogens with zero attached hydrogens (tertiary/aromatic N) is 1. The van der Waals surface area contributed by atoms with E-state index in [0.29, 0.717) is 12.1 Å². The number of nitriles is 1. The van der Waals surface area contributed by atoms with Gasteiger partial charge in [0.1, 0.15) is 11.8 Å². The first-order valence-electron chi connectivity index (χ1n) is 5.99. The van der Waals surface area contributed by atoms with Gasteiger partial charge in [-0.1, -0.05) is 18.2 Å². The molecule has 0 radical (unpaired) electrons. The third kappa shape index (κ3) is 4.77. The summed E-state index contributed by atoms with van der Waals surface area (Å²) in [6, 6.07) is 10.5. The summed E-state index contributed by atoms with van der Waals surface area (Å²) in [5, 5.41) is 14.1. The van der Waals surface area contributed by atoms with Crippen LogP contribution < -0.4 is 10.1 Å². The number of nitrogens with one attached hydrogen (secondary N) is 1. The van der Waals surface area contributed by atoms with Crippen molar-refractivity contribution in [2.75, 3.05) is 0 Å². The molecule has 0 aliphatic heterocycles. The molecule has 21 heavy (non-hydrogen) atoms. The lowest BCUT2D eigenvalue weighted by Crippen LogP contribution is -2.20. The maximum Gasteiger partial charge on any atom is 0.573 e. The lowest BCUT2D eigenvalue weighted by molar-refractivity contribution is -0.274. The van der Waals surface area contributed by atoms with Crippen LogP contribution >= 0.6 is 11.3 Å². The van der Waals surface area contributed by atoms with Crippen molar-refractivity contribution in [1.82, 2.24) is 5.32 Å². The molecule has 0 aliphatic carbocycles. The van der Waals surface area contributed by atoms with E-state index >= 15 is 0 Å². The number of alkyl halides is 3. The van der Waals surface area contributed by atoms with Crippen LogP contribution in [-0.4, -0.2) is 6.36 Å². The summed E-state index contributed by atoms with van der Waals surface area (Å²) in [7, 11) is 0. The highest BCUT2D eigenvalue weighted by Gasteiger charge is 2.31. The molecule has 3 nitrogen and oxygen atoms in total. The first-order valence-corrected chi connectivity index (χ1v) is 6.87. The zero-order valence-electron chi connectivity index (χ0n) is 10.7. The highest BCUT2D eigenvalue weighted by Crippen LogP contribution is 2.25. The highest BCUT2D eigenvalue weighted by atomic mass is 32.1. The van der Waals surface area contributed by atoms with Crippen molar-refractivity contribution in [3.63, 3.8) is 0 Å². The van der Waals surface area contributed by atoms with Gasteiger partial charge in [0.15, 0.2) is 0 Å². The van der Waals surface area contributed by atoms with Gasteiger partial charge in [-0.2, -0.15) is 5.26 Å². The van der Waals surface area contributed by atoms with Crippen LogP contribution in [0.4, 0.5) is 13.2 Å². The number of ether oxygens (including phenoxy) is 1. The molecule has 1 aromatic carbocycles. The zero-order chi connectivity index (χ0) is 15.3. The zero-order valence-corrected chi connectivity index (χ0v) is 11.5. The molecule has 0 fully saturated rings. The summed E-state index contributed by atoms with van der Waals surface area (Å²) >= 11 is 1.54. The van der Waals surface area contributed by atoms with Gasteiger partial charge in [0.05, 0.1) is 6.07 Å². The summed E-state index contributed by atoms with van der Waals surface area (Å²) in [6.45, 7) is 0.472. The smallest absolute Gasteiger partial charge is 0.406 e. The minimum Gasteiger partial charge on any atom is -0.406 e. The molecule has 1 aromatic heterocycles. The highest BCUT2D eigenvalue weighted by molar-refractivity contribution is 7.09. The van der Waals surface area contributed by atoms with Crippen LogP contribution in [0.5, 0.6) is 5.75 Å². The first kappa shape index (κ1) is 15.4. The Bertz CT molecular complexity index is 620. The molecule has 1 N–H and O–H groups in total. The van der Waals surface area contributed by atoms with Crippen molar-refractivity contribution in [3.8, 4) is 11.8 Å². The molecule has 0 saturated heterocycles. The van der Waals surface area contributed by atoms with Crippen LogP contribution in [0.3, 0.4) is 0 Å². The van der Waals surface area contributed by atoms with Crippen molar-refractivity contribution in [3.05, 3.63) is 52.2 Å². The van der Waals surface area contributed by atoms with Gasteiger partial charge in [-0.25, -0.2) is 0 Å². The molecule has 110 valence electrons. The fourth-order valence-electron chi connectivity index (χ4n) is 1.75. The molecule has 0 saturated carbocycles. The van der Waals surface area contributed by atoms with Crippen LogP contribution in [0.2, 0.25) is 0 Å². The Balaban J connectivity index is 2.07. The first-order chi connectivity index (χ1) is 9.98. The predicted octanol–water partition coefficient (Wildman–Crippen LogP) is 4.00. The Kier molecular flexibility index (Phi) is 4.83. The minimum absolute atomic E-state index is 0.335. The number of rotatable bonds is 5. The van der Waals surface area contributed by atoms with Crippen molar-refractivity contribution >= 4 is 11.3 Å². The Morgan fingerprint density at radius 2 is 2.10 bits per heavy atom. The topological polar surface area (TPSA) is 45.0 Å². The van der Waals surface area contributed by atoms with Gasteiger partial charge in [-0.05, 0) is 29.1 Å². The number of hydrogen-bond acceptors (Lipinski definition) is 4. The average Bonchev–Trinajstić information content (AvgIpc) is 2.91. The Hall–Kier alpha value is -2.04. The van der Waals surface area contributed by atoms with Gasteiger partial charge in [-0.15, -0.1) is 24.5 Å². The third-order valence-electron chi connectivity index (χ3n) is 2.61. The van der Waals surface area contributed by atoms with Gasteiger partial charge in [0.25, 0.3) is 0 Å². The summed E-state index contributed by atoms with van der Waals surface area (Å²) in [6.07, 6.45) is -4.74. The van der Waals surface area contributed by atoms with E-state index in [1.165, 1.54) is 29.5 Å². The maximum absolute atomic E-state index is 12.2. The van der Waals surface area contributed by atoms with E-state index in [-0.39, 0.29) is 5.75 Å². The van der Waals surface area contributed by atoms with Crippen LogP contribution in [0.1, 0.15) is 16.5 Å². The number of benzene rings is 1. The molecule has 2 aromatic rings. The second-order valence-electron chi connectivity index (χ2n) is 4.14. The molecular weight excluding hydrogens is 301 g/mol. The Morgan fingerprint density at radius 1 is 1.29 bits per heavy atom. The Labute approximate surface area is 123 Å². The second-order valence-corrected chi connectivity index (χ2v) is 5.17. The van der Waals surface area contributed by atoms with E-state index < -0.39 is 12.4 Å². The van der Waals surface area contributed by atoms with E-state index in [0.717, 1.165) is 4.88 Å². The van der Waals surface area contributed by atoms with E-state index in [9.17, 15) is 13.2 Å². The van der Waals surface area contributed by atoms with Gasteiger partial charge < -0.3 is 4.74 Å². The van der Waals surface area contributed by atoms with Gasteiger partial charge in [0.2, 0.25) is 0 Å². The van der Waals surface area contributed by atoms with Crippen LogP contribution in [0, 0.1) is 11.3 Å². The molecular formula is C14H11F3N2OS. The monoisotopic (exact) mass is 312 g/mol. The van der Waals surface area contributed by atoms with Crippen LogP contribution in [-0.2, 0) is 6.54 Å². The molecule has 0 spiro atoms. The number of hydrogen-bond donors (Lipinski definition) is 1. The molecule has 1 atom stereocenters. The van der Waals surface area contributed by atoms with Crippen molar-refractivity contribution in [2.45, 2.75) is 18.9 Å². The molecule has 0 bridgehead atoms. The standard InChI is InChI=1S/C14H11F3N2OS/c15-14(16,17)20-11-4-1-3-10(7-11)13(8-18)19-9-12-5-2-6-21-12/h1-7,13,19H,9H2. The van der Waals surface area contributed by atoms with Crippen molar-refractivity contribution < 1.29 is 17.9 Å².